The van der Waals surface area contributed by atoms with Gasteiger partial charge in [-0.05, 0) is 25.5 Å². The smallest absolute Gasteiger partial charge is 0.272 e. The first kappa shape index (κ1) is 16.4. The molecule has 0 saturated carbocycles. The zero-order valence-electron chi connectivity index (χ0n) is 13.3. The van der Waals surface area contributed by atoms with Gasteiger partial charge in [-0.15, -0.1) is 0 Å². The molecular weight excluding hydrogens is 280 g/mol. The molecule has 2 rings (SSSR count). The summed E-state index contributed by atoms with van der Waals surface area (Å²) in [6, 6.07) is 5.48. The van der Waals surface area contributed by atoms with Gasteiger partial charge in [-0.25, -0.2) is 4.98 Å². The van der Waals surface area contributed by atoms with E-state index in [-0.39, 0.29) is 11.8 Å². The summed E-state index contributed by atoms with van der Waals surface area (Å²) >= 11 is 0. The van der Waals surface area contributed by atoms with E-state index < -0.39 is 0 Å². The highest BCUT2D eigenvalue weighted by Crippen LogP contribution is 2.07. The molecule has 0 aliphatic carbocycles. The summed E-state index contributed by atoms with van der Waals surface area (Å²) in [4.78, 5) is 32.3. The number of carbonyl (C=O) groups is 2. The van der Waals surface area contributed by atoms with Crippen molar-refractivity contribution in [3.63, 3.8) is 0 Å². The molecule has 1 fully saturated rings. The lowest BCUT2D eigenvalue weighted by Gasteiger charge is -2.34. The molecule has 1 aliphatic rings. The van der Waals surface area contributed by atoms with Gasteiger partial charge in [0.25, 0.3) is 5.91 Å². The minimum Gasteiger partial charge on any atom is -0.355 e. The van der Waals surface area contributed by atoms with E-state index in [1.54, 1.807) is 6.07 Å². The van der Waals surface area contributed by atoms with Gasteiger partial charge in [0.1, 0.15) is 5.69 Å². The largest absolute Gasteiger partial charge is 0.355 e. The molecule has 0 spiro atoms. The highest BCUT2D eigenvalue weighted by Gasteiger charge is 2.23. The Morgan fingerprint density at radius 3 is 2.59 bits per heavy atom. The second-order valence-corrected chi connectivity index (χ2v) is 5.58. The Labute approximate surface area is 131 Å². The lowest BCUT2D eigenvalue weighted by atomic mass is 10.2. The van der Waals surface area contributed by atoms with Crippen LogP contribution >= 0.6 is 0 Å². The van der Waals surface area contributed by atoms with Gasteiger partial charge in [-0.3, -0.25) is 14.5 Å². The summed E-state index contributed by atoms with van der Waals surface area (Å²) in [7, 11) is 0. The maximum Gasteiger partial charge on any atom is 0.272 e. The molecule has 1 N–H and O–H groups in total. The topological polar surface area (TPSA) is 65.5 Å². The maximum atomic E-state index is 12.4. The predicted octanol–water partition coefficient (Wildman–Crippen LogP) is 0.674. The Balaban J connectivity index is 1.82. The molecule has 1 aromatic rings. The quantitative estimate of drug-likeness (QED) is 0.868. The van der Waals surface area contributed by atoms with Crippen molar-refractivity contribution in [2.24, 2.45) is 0 Å². The maximum absolute atomic E-state index is 12.4. The number of piperazine rings is 1. The van der Waals surface area contributed by atoms with Crippen molar-refractivity contribution in [1.82, 2.24) is 20.1 Å². The van der Waals surface area contributed by atoms with Crippen molar-refractivity contribution in [3.05, 3.63) is 29.6 Å². The number of pyridine rings is 1. The molecule has 2 amide bonds. The number of rotatable bonds is 5. The van der Waals surface area contributed by atoms with Crippen LogP contribution in [0.2, 0.25) is 0 Å². The van der Waals surface area contributed by atoms with Crippen molar-refractivity contribution in [1.29, 1.82) is 0 Å². The Kier molecular flexibility index (Phi) is 5.89. The molecule has 6 heteroatoms. The number of hydrogen-bond donors (Lipinski definition) is 1. The molecule has 1 saturated heterocycles. The van der Waals surface area contributed by atoms with Crippen LogP contribution in [-0.2, 0) is 4.79 Å². The third kappa shape index (κ3) is 4.53. The Hall–Kier alpha value is -1.95. The fourth-order valence-electron chi connectivity index (χ4n) is 2.46. The van der Waals surface area contributed by atoms with Gasteiger partial charge in [0, 0.05) is 38.4 Å². The Morgan fingerprint density at radius 1 is 1.23 bits per heavy atom. The van der Waals surface area contributed by atoms with Crippen LogP contribution in [0.5, 0.6) is 0 Å². The fourth-order valence-corrected chi connectivity index (χ4v) is 2.46. The third-order valence-corrected chi connectivity index (χ3v) is 3.71. The van der Waals surface area contributed by atoms with Gasteiger partial charge in [0.2, 0.25) is 5.91 Å². The molecule has 1 aliphatic heterocycles. The number of amides is 2. The summed E-state index contributed by atoms with van der Waals surface area (Å²) in [5.74, 6) is 0.0285. The van der Waals surface area contributed by atoms with E-state index in [2.05, 4.69) is 15.2 Å². The lowest BCUT2D eigenvalue weighted by molar-refractivity contribution is -0.122. The van der Waals surface area contributed by atoms with Crippen molar-refractivity contribution in [2.75, 3.05) is 39.3 Å². The van der Waals surface area contributed by atoms with Crippen LogP contribution in [0.4, 0.5) is 0 Å². The van der Waals surface area contributed by atoms with Gasteiger partial charge in [0.05, 0.1) is 6.54 Å². The van der Waals surface area contributed by atoms with E-state index in [0.29, 0.717) is 25.3 Å². The Bertz CT molecular complexity index is 525. The van der Waals surface area contributed by atoms with Crippen molar-refractivity contribution in [2.45, 2.75) is 20.3 Å². The number of nitrogens with zero attached hydrogens (tertiary/aromatic N) is 3. The van der Waals surface area contributed by atoms with Crippen LogP contribution in [0.25, 0.3) is 0 Å². The number of aromatic nitrogens is 1. The molecule has 6 nitrogen and oxygen atoms in total. The third-order valence-electron chi connectivity index (χ3n) is 3.71. The first-order valence-corrected chi connectivity index (χ1v) is 7.82. The zero-order chi connectivity index (χ0) is 15.9. The SMILES string of the molecule is CCCNC(=O)CN1CCN(C(=O)c2cccc(C)n2)CC1. The first-order chi connectivity index (χ1) is 10.6. The van der Waals surface area contributed by atoms with Crippen molar-refractivity contribution >= 4 is 11.8 Å². The zero-order valence-corrected chi connectivity index (χ0v) is 13.3. The van der Waals surface area contributed by atoms with Crippen LogP contribution in [-0.4, -0.2) is 65.9 Å². The van der Waals surface area contributed by atoms with Crippen molar-refractivity contribution < 1.29 is 9.59 Å². The molecule has 0 atom stereocenters. The highest BCUT2D eigenvalue weighted by molar-refractivity contribution is 5.92. The number of nitrogens with one attached hydrogen (secondary N) is 1. The summed E-state index contributed by atoms with van der Waals surface area (Å²) in [5.41, 5.74) is 1.34. The van der Waals surface area contributed by atoms with Crippen LogP contribution in [0.1, 0.15) is 29.5 Å². The van der Waals surface area contributed by atoms with Crippen molar-refractivity contribution in [3.8, 4) is 0 Å². The van der Waals surface area contributed by atoms with E-state index in [9.17, 15) is 9.59 Å². The minimum atomic E-state index is -0.0289. The average molecular weight is 304 g/mol. The lowest BCUT2D eigenvalue weighted by Crippen LogP contribution is -2.51. The van der Waals surface area contributed by atoms with Crippen LogP contribution in [0, 0.1) is 6.92 Å². The van der Waals surface area contributed by atoms with E-state index >= 15 is 0 Å². The molecular formula is C16H24N4O2. The Morgan fingerprint density at radius 2 is 1.95 bits per heavy atom. The van der Waals surface area contributed by atoms with E-state index in [1.807, 2.05) is 30.9 Å². The first-order valence-electron chi connectivity index (χ1n) is 7.82. The van der Waals surface area contributed by atoms with E-state index in [4.69, 9.17) is 0 Å². The minimum absolute atomic E-state index is 0.0289. The molecule has 0 radical (unpaired) electrons. The molecule has 1 aromatic heterocycles. The molecule has 0 unspecified atom stereocenters. The van der Waals surface area contributed by atoms with E-state index in [1.165, 1.54) is 0 Å². The monoisotopic (exact) mass is 304 g/mol. The second-order valence-electron chi connectivity index (χ2n) is 5.58. The number of aryl methyl sites for hydroxylation is 1. The van der Waals surface area contributed by atoms with Crippen LogP contribution < -0.4 is 5.32 Å². The van der Waals surface area contributed by atoms with Crippen LogP contribution in [0.15, 0.2) is 18.2 Å². The number of carbonyl (C=O) groups excluding carboxylic acids is 2. The van der Waals surface area contributed by atoms with Gasteiger partial charge >= 0.3 is 0 Å². The molecule has 0 bridgehead atoms. The molecule has 0 aromatic carbocycles. The van der Waals surface area contributed by atoms with Crippen LogP contribution in [0.3, 0.4) is 0 Å². The van der Waals surface area contributed by atoms with E-state index in [0.717, 1.165) is 31.7 Å². The fraction of sp³-hybridized carbons (Fsp3) is 0.562. The normalized spacial score (nSPS) is 15.6. The van der Waals surface area contributed by atoms with Gasteiger partial charge < -0.3 is 10.2 Å². The average Bonchev–Trinajstić information content (AvgIpc) is 2.53. The second kappa shape index (κ2) is 7.89. The summed E-state index contributed by atoms with van der Waals surface area (Å²) < 4.78 is 0. The highest BCUT2D eigenvalue weighted by atomic mass is 16.2. The standard InChI is InChI=1S/C16H24N4O2/c1-3-7-17-15(21)12-19-8-10-20(11-9-19)16(22)14-6-4-5-13(2)18-14/h4-6H,3,7-12H2,1-2H3,(H,17,21). The summed E-state index contributed by atoms with van der Waals surface area (Å²) in [6.07, 6.45) is 0.942. The van der Waals surface area contributed by atoms with Gasteiger partial charge in [-0.1, -0.05) is 13.0 Å². The molecule has 120 valence electrons. The van der Waals surface area contributed by atoms with Gasteiger partial charge in [-0.2, -0.15) is 0 Å². The number of hydrogen-bond acceptors (Lipinski definition) is 4. The summed E-state index contributed by atoms with van der Waals surface area (Å²) in [5, 5.41) is 2.87. The molecule has 22 heavy (non-hydrogen) atoms. The predicted molar refractivity (Wildman–Crippen MR) is 84.6 cm³/mol. The van der Waals surface area contributed by atoms with Gasteiger partial charge in [0.15, 0.2) is 0 Å². The summed E-state index contributed by atoms with van der Waals surface area (Å²) in [6.45, 7) is 7.74. The molecule has 2 heterocycles.